The van der Waals surface area contributed by atoms with Crippen LogP contribution in [0.3, 0.4) is 0 Å². The molecule has 1 amide bonds. The highest BCUT2D eigenvalue weighted by atomic mass is 16.7. The van der Waals surface area contributed by atoms with Gasteiger partial charge in [-0.2, -0.15) is 5.06 Å². The smallest absolute Gasteiger partial charge is 0.354 e. The van der Waals surface area contributed by atoms with Gasteiger partial charge in [0, 0.05) is 11.8 Å². The van der Waals surface area contributed by atoms with E-state index >= 15 is 0 Å². The van der Waals surface area contributed by atoms with Gasteiger partial charge >= 0.3 is 6.03 Å². The van der Waals surface area contributed by atoms with Gasteiger partial charge in [-0.1, -0.05) is 55.5 Å². The summed E-state index contributed by atoms with van der Waals surface area (Å²) in [6, 6.07) is 17.9. The Morgan fingerprint density at radius 2 is 1.87 bits per heavy atom. The lowest BCUT2D eigenvalue weighted by Crippen LogP contribution is -2.42. The van der Waals surface area contributed by atoms with Crippen LogP contribution in [0.5, 0.6) is 5.75 Å². The number of methoxy groups -OCH3 is 1. The largest absolute Gasteiger partial charge is 0.497 e. The molecule has 1 atom stereocenters. The van der Waals surface area contributed by atoms with E-state index in [4.69, 9.17) is 9.57 Å². The molecule has 0 aliphatic carbocycles. The summed E-state index contributed by atoms with van der Waals surface area (Å²) in [6.45, 7) is 2.14. The average Bonchev–Trinajstić information content (AvgIpc) is 3.29. The summed E-state index contributed by atoms with van der Waals surface area (Å²) in [5.74, 6) is 7.58. The molecule has 0 saturated heterocycles. The second-order valence-corrected chi connectivity index (χ2v) is 7.80. The van der Waals surface area contributed by atoms with Crippen LogP contribution in [0.25, 0.3) is 10.9 Å². The van der Waals surface area contributed by atoms with Crippen LogP contribution in [0.1, 0.15) is 43.9 Å². The molecule has 0 spiro atoms. The van der Waals surface area contributed by atoms with E-state index in [-0.39, 0.29) is 6.03 Å². The molecule has 5 nitrogen and oxygen atoms in total. The number of nitrogens with zero attached hydrogens (tertiary/aromatic N) is 2. The maximum atomic E-state index is 13.4. The predicted octanol–water partition coefficient (Wildman–Crippen LogP) is 5.52. The summed E-state index contributed by atoms with van der Waals surface area (Å²) in [4.78, 5) is 19.0. The molecule has 0 bridgehead atoms. The van der Waals surface area contributed by atoms with E-state index in [1.165, 1.54) is 10.6 Å². The number of carbonyl (C=O) groups is 1. The number of hydrogen-bond donors (Lipinski definition) is 0. The Morgan fingerprint density at radius 3 is 2.58 bits per heavy atom. The Hall–Kier alpha value is -3.23. The van der Waals surface area contributed by atoms with Gasteiger partial charge in [0.2, 0.25) is 0 Å². The number of aryl methyl sites for hydroxylation is 1. The fourth-order valence-electron chi connectivity index (χ4n) is 4.32. The number of hydroxylamine groups is 2. The molecule has 0 fully saturated rings. The Balaban J connectivity index is 1.77. The zero-order chi connectivity index (χ0) is 21.8. The first-order valence-corrected chi connectivity index (χ1v) is 10.8. The summed E-state index contributed by atoms with van der Waals surface area (Å²) in [6.07, 6.45) is 4.25. The summed E-state index contributed by atoms with van der Waals surface area (Å²) in [5, 5.41) is 2.42. The average molecular weight is 417 g/mol. The zero-order valence-electron chi connectivity index (χ0n) is 18.4. The van der Waals surface area contributed by atoms with Crippen LogP contribution in [0.4, 0.5) is 4.79 Å². The van der Waals surface area contributed by atoms with E-state index in [9.17, 15) is 4.79 Å². The minimum atomic E-state index is -0.801. The van der Waals surface area contributed by atoms with Gasteiger partial charge in [-0.25, -0.2) is 4.79 Å². The second kappa shape index (κ2) is 8.87. The third kappa shape index (κ3) is 3.68. The first-order chi connectivity index (χ1) is 15.1. The normalized spacial score (nSPS) is 17.5. The fraction of sp³-hybridized carbons (Fsp3) is 0.346. The van der Waals surface area contributed by atoms with Gasteiger partial charge in [-0.3, -0.25) is 9.40 Å². The minimum absolute atomic E-state index is 0.203. The summed E-state index contributed by atoms with van der Waals surface area (Å²) < 4.78 is 7.11. The zero-order valence-corrected chi connectivity index (χ0v) is 18.4. The Kier molecular flexibility index (Phi) is 6.01. The molecule has 2 heterocycles. The molecule has 4 rings (SSSR count). The van der Waals surface area contributed by atoms with Crippen molar-refractivity contribution in [3.05, 3.63) is 65.9 Å². The lowest BCUT2D eigenvalue weighted by atomic mass is 9.89. The van der Waals surface area contributed by atoms with Crippen LogP contribution >= 0.6 is 0 Å². The maximum absolute atomic E-state index is 13.4. The molecule has 3 aromatic rings. The van der Waals surface area contributed by atoms with Crippen LogP contribution < -0.4 is 4.74 Å². The van der Waals surface area contributed by atoms with E-state index in [2.05, 4.69) is 37.0 Å². The van der Waals surface area contributed by atoms with Crippen molar-refractivity contribution in [2.75, 3.05) is 14.2 Å². The number of aromatic nitrogens is 1. The Labute approximate surface area is 183 Å². The number of unbranched alkanes of at least 4 members (excludes halogenated alkanes) is 1. The Bertz CT molecular complexity index is 1140. The molecule has 31 heavy (non-hydrogen) atoms. The molecule has 0 N–H and O–H groups in total. The van der Waals surface area contributed by atoms with Crippen LogP contribution in [-0.2, 0) is 16.8 Å². The summed E-state index contributed by atoms with van der Waals surface area (Å²) >= 11 is 0. The van der Waals surface area contributed by atoms with Gasteiger partial charge in [0.15, 0.2) is 5.54 Å². The van der Waals surface area contributed by atoms with E-state index in [0.29, 0.717) is 0 Å². The molecular weight excluding hydrogens is 388 g/mol. The lowest BCUT2D eigenvalue weighted by Gasteiger charge is -2.31. The third-order valence-corrected chi connectivity index (χ3v) is 5.90. The topological polar surface area (TPSA) is 43.7 Å². The van der Waals surface area contributed by atoms with Crippen LogP contribution in [-0.4, -0.2) is 29.9 Å². The number of carbonyl (C=O) groups excluding carboxylic acids is 1. The van der Waals surface area contributed by atoms with E-state index in [1.54, 1.807) is 18.8 Å². The third-order valence-electron chi connectivity index (χ3n) is 5.90. The molecule has 5 heteroatoms. The van der Waals surface area contributed by atoms with E-state index in [1.807, 2.05) is 36.4 Å². The van der Waals surface area contributed by atoms with Crippen molar-refractivity contribution in [1.29, 1.82) is 0 Å². The molecule has 160 valence electrons. The van der Waals surface area contributed by atoms with Crippen LogP contribution in [0.2, 0.25) is 0 Å². The van der Waals surface area contributed by atoms with Gasteiger partial charge in [-0.05, 0) is 49.1 Å². The van der Waals surface area contributed by atoms with Crippen molar-refractivity contribution in [2.24, 2.45) is 0 Å². The monoisotopic (exact) mass is 416 g/mol. The lowest BCUT2D eigenvalue weighted by molar-refractivity contribution is -0.134. The maximum Gasteiger partial charge on any atom is 0.354 e. The van der Waals surface area contributed by atoms with Gasteiger partial charge in [0.05, 0.1) is 25.4 Å². The van der Waals surface area contributed by atoms with Crippen molar-refractivity contribution in [2.45, 2.75) is 44.6 Å². The van der Waals surface area contributed by atoms with Crippen molar-refractivity contribution in [3.8, 4) is 17.6 Å². The van der Waals surface area contributed by atoms with Gasteiger partial charge in [0.1, 0.15) is 5.75 Å². The molecule has 2 aromatic carbocycles. The highest BCUT2D eigenvalue weighted by molar-refractivity contribution is 5.96. The predicted molar refractivity (Wildman–Crippen MR) is 122 cm³/mol. The number of hydrogen-bond acceptors (Lipinski definition) is 3. The molecule has 1 aliphatic heterocycles. The summed E-state index contributed by atoms with van der Waals surface area (Å²) in [5.41, 5.74) is 2.16. The minimum Gasteiger partial charge on any atom is -0.497 e. The summed E-state index contributed by atoms with van der Waals surface area (Å²) in [7, 11) is 3.19. The molecule has 0 saturated carbocycles. The highest BCUT2D eigenvalue weighted by Crippen LogP contribution is 2.43. The Morgan fingerprint density at radius 1 is 1.06 bits per heavy atom. The van der Waals surface area contributed by atoms with Crippen molar-refractivity contribution >= 4 is 16.9 Å². The molecule has 0 radical (unpaired) electrons. The van der Waals surface area contributed by atoms with Crippen molar-refractivity contribution < 1.29 is 14.4 Å². The van der Waals surface area contributed by atoms with Gasteiger partial charge in [0.25, 0.3) is 0 Å². The quantitative estimate of drug-likeness (QED) is 0.477. The standard InChI is InChI=1S/C26H28N2O3/c1-4-5-16-26(17-10-9-13-20-11-7-6-8-12-20)24-19-21-18-22(30-2)14-15-23(21)27(24)25(29)28(26)31-3/h6-8,11-12,14-15,18-19H,4-5,9,13,16H2,1-3H3. The van der Waals surface area contributed by atoms with Gasteiger partial charge in [-0.15, -0.1) is 0 Å². The first kappa shape index (κ1) is 21.0. The number of rotatable bonds is 7. The van der Waals surface area contributed by atoms with Crippen LogP contribution in [0, 0.1) is 11.8 Å². The number of amides is 1. The van der Waals surface area contributed by atoms with E-state index < -0.39 is 5.54 Å². The van der Waals surface area contributed by atoms with Gasteiger partial charge < -0.3 is 4.74 Å². The SMILES string of the molecule is CCCCC1(C#CCCc2ccccc2)c2cc3cc(OC)ccc3n2C(=O)N1OC. The highest BCUT2D eigenvalue weighted by Gasteiger charge is 2.50. The number of fused-ring (bicyclic) bond motifs is 3. The first-order valence-electron chi connectivity index (χ1n) is 10.8. The van der Waals surface area contributed by atoms with Crippen molar-refractivity contribution in [3.63, 3.8) is 0 Å². The fourth-order valence-corrected chi connectivity index (χ4v) is 4.32. The van der Waals surface area contributed by atoms with E-state index in [0.717, 1.165) is 54.5 Å². The number of benzene rings is 2. The van der Waals surface area contributed by atoms with Crippen molar-refractivity contribution in [1.82, 2.24) is 9.63 Å². The van der Waals surface area contributed by atoms with Crippen LogP contribution in [0.15, 0.2) is 54.6 Å². The molecule has 1 aromatic heterocycles. The number of ether oxygens (including phenoxy) is 1. The molecular formula is C26H28N2O3. The molecule has 1 unspecified atom stereocenters. The second-order valence-electron chi connectivity index (χ2n) is 7.80. The molecule has 1 aliphatic rings.